The van der Waals surface area contributed by atoms with Crippen molar-refractivity contribution >= 4 is 6.03 Å². The summed E-state index contributed by atoms with van der Waals surface area (Å²) in [5.41, 5.74) is -0.703. The highest BCUT2D eigenvalue weighted by Gasteiger charge is 2.31. The Hall–Kier alpha value is -0.770. The number of urea groups is 1. The lowest BCUT2D eigenvalue weighted by molar-refractivity contribution is -0.00282. The summed E-state index contributed by atoms with van der Waals surface area (Å²) in [6.07, 6.45) is 6.35. The summed E-state index contributed by atoms with van der Waals surface area (Å²) in [4.78, 5) is 13.7. The summed E-state index contributed by atoms with van der Waals surface area (Å²) < 4.78 is 0. The Morgan fingerprint density at radius 3 is 2.69 bits per heavy atom. The van der Waals surface area contributed by atoms with Crippen LogP contribution in [0.1, 0.15) is 45.4 Å². The number of aliphatic hydroxyl groups is 1. The predicted molar refractivity (Wildman–Crippen MR) is 62.2 cm³/mol. The van der Waals surface area contributed by atoms with E-state index >= 15 is 0 Å². The summed E-state index contributed by atoms with van der Waals surface area (Å²) in [6, 6.07) is 0.367. The van der Waals surface area contributed by atoms with E-state index in [4.69, 9.17) is 0 Å². The lowest BCUT2D eigenvalue weighted by atomic mass is 9.95. The van der Waals surface area contributed by atoms with E-state index in [1.54, 1.807) is 4.90 Å². The van der Waals surface area contributed by atoms with Crippen LogP contribution in [-0.4, -0.2) is 40.8 Å². The van der Waals surface area contributed by atoms with E-state index in [9.17, 15) is 9.90 Å². The van der Waals surface area contributed by atoms with Crippen LogP contribution in [-0.2, 0) is 0 Å². The van der Waals surface area contributed by atoms with Gasteiger partial charge in [-0.2, -0.15) is 0 Å². The molecule has 4 heteroatoms. The maximum Gasteiger partial charge on any atom is 0.317 e. The molecule has 0 radical (unpaired) electrons. The van der Waals surface area contributed by atoms with Crippen molar-refractivity contribution in [2.75, 3.05) is 13.1 Å². The van der Waals surface area contributed by atoms with Gasteiger partial charge >= 0.3 is 6.03 Å². The molecule has 4 nitrogen and oxygen atoms in total. The van der Waals surface area contributed by atoms with Gasteiger partial charge < -0.3 is 15.3 Å². The second-order valence-corrected chi connectivity index (χ2v) is 5.45. The van der Waals surface area contributed by atoms with Crippen LogP contribution < -0.4 is 5.32 Å². The molecule has 1 aliphatic heterocycles. The number of hydrogen-bond acceptors (Lipinski definition) is 2. The summed E-state index contributed by atoms with van der Waals surface area (Å²) in [5.74, 6) is 0. The third-order valence-corrected chi connectivity index (χ3v) is 3.64. The summed E-state index contributed by atoms with van der Waals surface area (Å²) in [5, 5.41) is 13.0. The quantitative estimate of drug-likeness (QED) is 0.711. The molecule has 0 aromatic rings. The standard InChI is InChI=1S/C12H22N2O2/c1-12(16)7-4-8-14(9-12)11(15)13-10-5-2-3-6-10/h10,16H,2-9H2,1H3,(H,13,15). The number of hydrogen-bond donors (Lipinski definition) is 2. The SMILES string of the molecule is CC1(O)CCCN(C(=O)NC2CCCC2)C1. The van der Waals surface area contributed by atoms with Crippen molar-refractivity contribution in [2.45, 2.75) is 57.1 Å². The zero-order valence-corrected chi connectivity index (χ0v) is 10.0. The van der Waals surface area contributed by atoms with Crippen molar-refractivity contribution in [1.82, 2.24) is 10.2 Å². The number of nitrogens with one attached hydrogen (secondary N) is 1. The van der Waals surface area contributed by atoms with E-state index in [1.165, 1.54) is 12.8 Å². The minimum absolute atomic E-state index is 0.00637. The van der Waals surface area contributed by atoms with E-state index in [0.717, 1.165) is 32.2 Å². The second-order valence-electron chi connectivity index (χ2n) is 5.45. The minimum Gasteiger partial charge on any atom is -0.388 e. The Bertz CT molecular complexity index is 260. The Morgan fingerprint density at radius 2 is 2.06 bits per heavy atom. The smallest absolute Gasteiger partial charge is 0.317 e. The number of amides is 2. The Morgan fingerprint density at radius 1 is 1.38 bits per heavy atom. The molecule has 1 saturated heterocycles. The molecule has 2 rings (SSSR count). The van der Waals surface area contributed by atoms with E-state index in [0.29, 0.717) is 12.6 Å². The molecule has 1 saturated carbocycles. The van der Waals surface area contributed by atoms with Gasteiger partial charge in [-0.25, -0.2) is 4.79 Å². The molecule has 1 aliphatic carbocycles. The zero-order chi connectivity index (χ0) is 11.6. The molecule has 1 atom stereocenters. The van der Waals surface area contributed by atoms with Crippen LogP contribution in [0.5, 0.6) is 0 Å². The topological polar surface area (TPSA) is 52.6 Å². The average molecular weight is 226 g/mol. The van der Waals surface area contributed by atoms with Gasteiger partial charge in [0.05, 0.1) is 12.1 Å². The van der Waals surface area contributed by atoms with E-state index in [1.807, 2.05) is 6.92 Å². The lowest BCUT2D eigenvalue weighted by Gasteiger charge is -2.37. The van der Waals surface area contributed by atoms with Gasteiger partial charge in [0.2, 0.25) is 0 Å². The number of β-amino-alcohol motifs (C(OH)–C–C–N with tert-alkyl or cyclic N) is 1. The zero-order valence-electron chi connectivity index (χ0n) is 10.0. The molecule has 2 fully saturated rings. The molecule has 16 heavy (non-hydrogen) atoms. The van der Waals surface area contributed by atoms with E-state index in [-0.39, 0.29) is 6.03 Å². The molecule has 2 N–H and O–H groups in total. The van der Waals surface area contributed by atoms with Gasteiger partial charge in [0.25, 0.3) is 0 Å². The molecular weight excluding hydrogens is 204 g/mol. The van der Waals surface area contributed by atoms with Crippen molar-refractivity contribution in [2.24, 2.45) is 0 Å². The monoisotopic (exact) mass is 226 g/mol. The van der Waals surface area contributed by atoms with Crippen LogP contribution in [0.3, 0.4) is 0 Å². The highest BCUT2D eigenvalue weighted by molar-refractivity contribution is 5.74. The molecule has 2 aliphatic rings. The van der Waals surface area contributed by atoms with Crippen molar-refractivity contribution in [3.63, 3.8) is 0 Å². The van der Waals surface area contributed by atoms with Crippen LogP contribution >= 0.6 is 0 Å². The predicted octanol–water partition coefficient (Wildman–Crippen LogP) is 1.49. The van der Waals surface area contributed by atoms with Gasteiger partial charge in [0.1, 0.15) is 0 Å². The minimum atomic E-state index is -0.703. The highest BCUT2D eigenvalue weighted by atomic mass is 16.3. The van der Waals surface area contributed by atoms with Gasteiger partial charge in [0, 0.05) is 12.6 Å². The molecule has 1 heterocycles. The average Bonchev–Trinajstić information content (AvgIpc) is 2.69. The maximum atomic E-state index is 11.9. The third kappa shape index (κ3) is 2.88. The number of carbonyl (C=O) groups is 1. The first-order valence-electron chi connectivity index (χ1n) is 6.35. The Balaban J connectivity index is 1.84. The van der Waals surface area contributed by atoms with Crippen molar-refractivity contribution in [3.05, 3.63) is 0 Å². The van der Waals surface area contributed by atoms with Gasteiger partial charge in [-0.15, -0.1) is 0 Å². The summed E-state index contributed by atoms with van der Waals surface area (Å²) >= 11 is 0. The molecule has 0 aromatic carbocycles. The van der Waals surface area contributed by atoms with Gasteiger partial charge in [-0.05, 0) is 32.6 Å². The number of likely N-dealkylation sites (tertiary alicyclic amines) is 1. The molecule has 0 spiro atoms. The lowest BCUT2D eigenvalue weighted by Crippen LogP contribution is -2.53. The van der Waals surface area contributed by atoms with Gasteiger partial charge in [0.15, 0.2) is 0 Å². The largest absolute Gasteiger partial charge is 0.388 e. The molecule has 0 aromatic heterocycles. The fraction of sp³-hybridized carbons (Fsp3) is 0.917. The van der Waals surface area contributed by atoms with Crippen molar-refractivity contribution in [3.8, 4) is 0 Å². The molecular formula is C12H22N2O2. The summed E-state index contributed by atoms with van der Waals surface area (Å²) in [7, 11) is 0. The molecule has 92 valence electrons. The third-order valence-electron chi connectivity index (χ3n) is 3.64. The van der Waals surface area contributed by atoms with Crippen molar-refractivity contribution < 1.29 is 9.90 Å². The Labute approximate surface area is 97.0 Å². The van der Waals surface area contributed by atoms with Crippen LogP contribution in [0.2, 0.25) is 0 Å². The first-order valence-corrected chi connectivity index (χ1v) is 6.35. The summed E-state index contributed by atoms with van der Waals surface area (Å²) in [6.45, 7) is 3.04. The fourth-order valence-corrected chi connectivity index (χ4v) is 2.73. The number of nitrogens with zero attached hydrogens (tertiary/aromatic N) is 1. The maximum absolute atomic E-state index is 11.9. The van der Waals surface area contributed by atoms with Crippen LogP contribution in [0.25, 0.3) is 0 Å². The fourth-order valence-electron chi connectivity index (χ4n) is 2.73. The number of rotatable bonds is 1. The van der Waals surface area contributed by atoms with Crippen LogP contribution in [0.4, 0.5) is 4.79 Å². The number of piperidine rings is 1. The first kappa shape index (κ1) is 11.7. The number of carbonyl (C=O) groups excluding carboxylic acids is 1. The first-order chi connectivity index (χ1) is 7.57. The molecule has 2 amide bonds. The van der Waals surface area contributed by atoms with Crippen molar-refractivity contribution in [1.29, 1.82) is 0 Å². The van der Waals surface area contributed by atoms with Crippen LogP contribution in [0, 0.1) is 0 Å². The van der Waals surface area contributed by atoms with Gasteiger partial charge in [-0.3, -0.25) is 0 Å². The second kappa shape index (κ2) is 4.62. The molecule has 1 unspecified atom stereocenters. The van der Waals surface area contributed by atoms with E-state index in [2.05, 4.69) is 5.32 Å². The molecule has 0 bridgehead atoms. The Kier molecular flexibility index (Phi) is 3.38. The van der Waals surface area contributed by atoms with E-state index < -0.39 is 5.60 Å². The highest BCUT2D eigenvalue weighted by Crippen LogP contribution is 2.21. The van der Waals surface area contributed by atoms with Gasteiger partial charge in [-0.1, -0.05) is 12.8 Å². The normalized spacial score (nSPS) is 31.8. The van der Waals surface area contributed by atoms with Crippen LogP contribution in [0.15, 0.2) is 0 Å².